The second-order valence-electron chi connectivity index (χ2n) is 4.66. The molecular formula is C14H17FN2O2. The number of rotatable bonds is 4. The maximum Gasteiger partial charge on any atom is 0.245 e. The van der Waals surface area contributed by atoms with Crippen LogP contribution in [0.2, 0.25) is 0 Å². The second kappa shape index (κ2) is 5.82. The molecule has 2 amide bonds. The Morgan fingerprint density at radius 2 is 2.00 bits per heavy atom. The van der Waals surface area contributed by atoms with Crippen molar-refractivity contribution in [2.24, 2.45) is 0 Å². The molecule has 0 bridgehead atoms. The van der Waals surface area contributed by atoms with Crippen molar-refractivity contribution in [1.29, 1.82) is 0 Å². The summed E-state index contributed by atoms with van der Waals surface area (Å²) >= 11 is 0. The van der Waals surface area contributed by atoms with Gasteiger partial charge in [-0.1, -0.05) is 19.1 Å². The third-order valence-corrected chi connectivity index (χ3v) is 3.27. The highest BCUT2D eigenvalue weighted by molar-refractivity contribution is 5.94. The van der Waals surface area contributed by atoms with Gasteiger partial charge in [-0.15, -0.1) is 0 Å². The molecule has 1 aromatic rings. The van der Waals surface area contributed by atoms with Gasteiger partial charge in [-0.3, -0.25) is 9.59 Å². The molecule has 0 aliphatic carbocycles. The number of hydrogen-bond donors (Lipinski definition) is 1. The van der Waals surface area contributed by atoms with Gasteiger partial charge >= 0.3 is 0 Å². The van der Waals surface area contributed by atoms with Crippen LogP contribution in [0.5, 0.6) is 0 Å². The first-order valence-electron chi connectivity index (χ1n) is 6.42. The Labute approximate surface area is 111 Å². The normalized spacial score (nSPS) is 19.5. The minimum Gasteiger partial charge on any atom is -0.343 e. The molecule has 1 saturated heterocycles. The summed E-state index contributed by atoms with van der Waals surface area (Å²) in [5.41, 5.74) is 0.952. The third kappa shape index (κ3) is 3.30. The van der Waals surface area contributed by atoms with Crippen molar-refractivity contribution in [2.45, 2.75) is 25.8 Å². The van der Waals surface area contributed by atoms with Crippen molar-refractivity contribution >= 4 is 11.8 Å². The van der Waals surface area contributed by atoms with Crippen LogP contribution in [0.25, 0.3) is 0 Å². The molecule has 5 heteroatoms. The van der Waals surface area contributed by atoms with Gasteiger partial charge in [-0.25, -0.2) is 4.39 Å². The predicted molar refractivity (Wildman–Crippen MR) is 68.9 cm³/mol. The van der Waals surface area contributed by atoms with Gasteiger partial charge in [0.05, 0.1) is 6.54 Å². The van der Waals surface area contributed by atoms with E-state index in [2.05, 4.69) is 5.32 Å². The topological polar surface area (TPSA) is 49.4 Å². The average molecular weight is 264 g/mol. The van der Waals surface area contributed by atoms with Gasteiger partial charge in [-0.2, -0.15) is 0 Å². The number of halogens is 1. The van der Waals surface area contributed by atoms with E-state index < -0.39 is 6.04 Å². The molecule has 1 aromatic carbocycles. The monoisotopic (exact) mass is 264 g/mol. The largest absolute Gasteiger partial charge is 0.343 e. The summed E-state index contributed by atoms with van der Waals surface area (Å²) in [5.74, 6) is -0.432. The number of carbonyl (C=O) groups excluding carboxylic acids is 2. The molecule has 1 heterocycles. The highest BCUT2D eigenvalue weighted by Crippen LogP contribution is 2.09. The molecule has 1 fully saturated rings. The lowest BCUT2D eigenvalue weighted by molar-refractivity contribution is -0.144. The quantitative estimate of drug-likeness (QED) is 0.885. The molecule has 1 N–H and O–H groups in total. The lowest BCUT2D eigenvalue weighted by atomic mass is 10.1. The number of benzene rings is 1. The minimum absolute atomic E-state index is 0.0378. The van der Waals surface area contributed by atoms with Crippen LogP contribution in [0.3, 0.4) is 0 Å². The van der Waals surface area contributed by atoms with Gasteiger partial charge in [0, 0.05) is 6.54 Å². The third-order valence-electron chi connectivity index (χ3n) is 3.27. The lowest BCUT2D eigenvalue weighted by Crippen LogP contribution is -2.58. The van der Waals surface area contributed by atoms with Crippen LogP contribution >= 0.6 is 0 Å². The van der Waals surface area contributed by atoms with Gasteiger partial charge < -0.3 is 10.2 Å². The van der Waals surface area contributed by atoms with E-state index >= 15 is 0 Å². The Kier molecular flexibility index (Phi) is 4.14. The van der Waals surface area contributed by atoms with E-state index in [0.717, 1.165) is 5.56 Å². The fourth-order valence-electron chi connectivity index (χ4n) is 2.15. The van der Waals surface area contributed by atoms with Crippen LogP contribution in [0.15, 0.2) is 24.3 Å². The minimum atomic E-state index is -0.408. The molecule has 0 aromatic heterocycles. The smallest absolute Gasteiger partial charge is 0.245 e. The Morgan fingerprint density at radius 1 is 1.32 bits per heavy atom. The van der Waals surface area contributed by atoms with E-state index in [1.165, 1.54) is 12.1 Å². The molecule has 0 spiro atoms. The molecule has 19 heavy (non-hydrogen) atoms. The molecule has 1 unspecified atom stereocenters. The van der Waals surface area contributed by atoms with Crippen LogP contribution in [-0.4, -0.2) is 35.8 Å². The molecular weight excluding hydrogens is 247 g/mol. The molecule has 1 aliphatic rings. The standard InChI is InChI=1S/C14H17FN2O2/c1-2-12-14(19)17(9-13(18)16-12)8-7-10-3-5-11(15)6-4-10/h3-6,12H,2,7-9H2,1H3,(H,16,18). The van der Waals surface area contributed by atoms with Crippen LogP contribution < -0.4 is 5.32 Å². The fourth-order valence-corrected chi connectivity index (χ4v) is 2.15. The first kappa shape index (κ1) is 13.5. The maximum absolute atomic E-state index is 12.8. The van der Waals surface area contributed by atoms with Gasteiger partial charge in [0.15, 0.2) is 0 Å². The molecule has 4 nitrogen and oxygen atoms in total. The number of hydrogen-bond acceptors (Lipinski definition) is 2. The van der Waals surface area contributed by atoms with Crippen molar-refractivity contribution in [1.82, 2.24) is 10.2 Å². The van der Waals surface area contributed by atoms with Crippen LogP contribution in [0.4, 0.5) is 4.39 Å². The fraction of sp³-hybridized carbons (Fsp3) is 0.429. The first-order chi connectivity index (χ1) is 9.10. The highest BCUT2D eigenvalue weighted by Gasteiger charge is 2.30. The molecule has 0 radical (unpaired) electrons. The number of amides is 2. The van der Waals surface area contributed by atoms with E-state index in [9.17, 15) is 14.0 Å². The number of nitrogens with zero attached hydrogens (tertiary/aromatic N) is 1. The summed E-state index contributed by atoms with van der Waals surface area (Å²) < 4.78 is 12.8. The summed E-state index contributed by atoms with van der Waals surface area (Å²) in [6.07, 6.45) is 1.22. The number of carbonyl (C=O) groups is 2. The summed E-state index contributed by atoms with van der Waals surface area (Å²) in [7, 11) is 0. The Balaban J connectivity index is 1.96. The first-order valence-corrected chi connectivity index (χ1v) is 6.42. The zero-order chi connectivity index (χ0) is 13.8. The zero-order valence-electron chi connectivity index (χ0n) is 10.9. The highest BCUT2D eigenvalue weighted by atomic mass is 19.1. The van der Waals surface area contributed by atoms with E-state index in [1.807, 2.05) is 6.92 Å². The molecule has 1 aliphatic heterocycles. The second-order valence-corrected chi connectivity index (χ2v) is 4.66. The van der Waals surface area contributed by atoms with Crippen molar-refractivity contribution in [3.05, 3.63) is 35.6 Å². The molecule has 102 valence electrons. The summed E-state index contributed by atoms with van der Waals surface area (Å²) in [6.45, 7) is 2.46. The van der Waals surface area contributed by atoms with E-state index in [0.29, 0.717) is 19.4 Å². The Morgan fingerprint density at radius 3 is 2.63 bits per heavy atom. The van der Waals surface area contributed by atoms with Gasteiger partial charge in [0.2, 0.25) is 11.8 Å². The number of nitrogens with one attached hydrogen (secondary N) is 1. The van der Waals surface area contributed by atoms with Crippen LogP contribution in [-0.2, 0) is 16.0 Å². The van der Waals surface area contributed by atoms with E-state index in [4.69, 9.17) is 0 Å². The molecule has 1 atom stereocenters. The summed E-state index contributed by atoms with van der Waals surface area (Å²) in [6, 6.07) is 5.78. The van der Waals surface area contributed by atoms with Gasteiger partial charge in [0.25, 0.3) is 0 Å². The van der Waals surface area contributed by atoms with Gasteiger partial charge in [0.1, 0.15) is 11.9 Å². The number of piperazine rings is 1. The van der Waals surface area contributed by atoms with Crippen molar-refractivity contribution in [2.75, 3.05) is 13.1 Å². The lowest BCUT2D eigenvalue weighted by Gasteiger charge is -2.32. The predicted octanol–water partition coefficient (Wildman–Crippen LogP) is 1.11. The summed E-state index contributed by atoms with van der Waals surface area (Å²) in [4.78, 5) is 25.1. The SMILES string of the molecule is CCC1NC(=O)CN(CCc2ccc(F)cc2)C1=O. The van der Waals surface area contributed by atoms with Crippen molar-refractivity contribution in [3.8, 4) is 0 Å². The van der Waals surface area contributed by atoms with Crippen LogP contribution in [0.1, 0.15) is 18.9 Å². The van der Waals surface area contributed by atoms with Crippen LogP contribution in [0, 0.1) is 5.82 Å². The summed E-state index contributed by atoms with van der Waals surface area (Å²) in [5, 5.41) is 2.67. The Hall–Kier alpha value is -1.91. The maximum atomic E-state index is 12.8. The van der Waals surface area contributed by atoms with Gasteiger partial charge in [-0.05, 0) is 30.5 Å². The average Bonchev–Trinajstić information content (AvgIpc) is 2.41. The van der Waals surface area contributed by atoms with Crippen molar-refractivity contribution < 1.29 is 14.0 Å². The molecule has 2 rings (SSSR count). The van der Waals surface area contributed by atoms with E-state index in [-0.39, 0.29) is 24.2 Å². The Bertz CT molecular complexity index is 473. The zero-order valence-corrected chi connectivity index (χ0v) is 10.9. The molecule has 0 saturated carbocycles. The van der Waals surface area contributed by atoms with E-state index in [1.54, 1.807) is 17.0 Å². The van der Waals surface area contributed by atoms with Crippen molar-refractivity contribution in [3.63, 3.8) is 0 Å².